The Hall–Kier alpha value is -2.78. The summed E-state index contributed by atoms with van der Waals surface area (Å²) in [6.07, 6.45) is 1.28. The number of rotatable bonds is 2. The largest absolute Gasteiger partial charge is 0.497 e. The van der Waals surface area contributed by atoms with Crippen LogP contribution in [0.2, 0.25) is 0 Å². The zero-order valence-corrected chi connectivity index (χ0v) is 14.9. The first-order valence-corrected chi connectivity index (χ1v) is 8.85. The smallest absolute Gasteiger partial charge is 0.332 e. The highest BCUT2D eigenvalue weighted by molar-refractivity contribution is 7.13. The van der Waals surface area contributed by atoms with Crippen molar-refractivity contribution in [3.8, 4) is 17.0 Å². The summed E-state index contributed by atoms with van der Waals surface area (Å²) < 4.78 is 16.2. The van der Waals surface area contributed by atoms with Gasteiger partial charge in [-0.05, 0) is 35.8 Å². The Balaban J connectivity index is 1.73. The fraction of sp³-hybridized carbons (Fsp3) is 0.294. The maximum Gasteiger partial charge on any atom is 0.332 e. The van der Waals surface area contributed by atoms with Crippen molar-refractivity contribution < 1.29 is 14.3 Å². The standard InChI is InChI=1S/C17H16N4O4S/c1-24-12-4-2-11(3-5-12)13-14-15(26-19-13)16(22)21(10-18-14)17(23)20-6-8-25-9-7-20/h2-5,10H,6-9H2,1H3. The Morgan fingerprint density at radius 3 is 2.65 bits per heavy atom. The molecule has 4 rings (SSSR count). The number of aromatic nitrogens is 3. The number of fused-ring (bicyclic) bond motifs is 1. The molecule has 1 aliphatic heterocycles. The van der Waals surface area contributed by atoms with Gasteiger partial charge in [-0.15, -0.1) is 0 Å². The molecule has 0 atom stereocenters. The van der Waals surface area contributed by atoms with Crippen LogP contribution < -0.4 is 10.3 Å². The van der Waals surface area contributed by atoms with E-state index in [0.717, 1.165) is 27.4 Å². The van der Waals surface area contributed by atoms with Gasteiger partial charge >= 0.3 is 6.03 Å². The number of hydrogen-bond acceptors (Lipinski definition) is 7. The van der Waals surface area contributed by atoms with Crippen LogP contribution >= 0.6 is 11.5 Å². The van der Waals surface area contributed by atoms with Gasteiger partial charge in [-0.3, -0.25) is 4.79 Å². The minimum atomic E-state index is -0.399. The molecule has 2 aromatic heterocycles. The number of ether oxygens (including phenoxy) is 2. The minimum absolute atomic E-state index is 0.361. The first-order chi connectivity index (χ1) is 12.7. The summed E-state index contributed by atoms with van der Waals surface area (Å²) in [6, 6.07) is 6.98. The van der Waals surface area contributed by atoms with Crippen LogP contribution in [0.1, 0.15) is 0 Å². The summed E-state index contributed by atoms with van der Waals surface area (Å²) in [7, 11) is 1.60. The zero-order chi connectivity index (χ0) is 18.1. The molecule has 0 N–H and O–H groups in total. The molecule has 0 spiro atoms. The van der Waals surface area contributed by atoms with E-state index in [1.807, 2.05) is 24.3 Å². The number of hydrogen-bond donors (Lipinski definition) is 0. The lowest BCUT2D eigenvalue weighted by Gasteiger charge is -2.26. The van der Waals surface area contributed by atoms with Gasteiger partial charge in [0.05, 0.1) is 20.3 Å². The molecule has 3 aromatic rings. The molecule has 134 valence electrons. The number of amides is 1. The maximum atomic E-state index is 12.8. The molecule has 8 nitrogen and oxygen atoms in total. The highest BCUT2D eigenvalue weighted by Gasteiger charge is 2.22. The lowest BCUT2D eigenvalue weighted by molar-refractivity contribution is 0.0533. The fourth-order valence-corrected chi connectivity index (χ4v) is 3.59. The summed E-state index contributed by atoms with van der Waals surface area (Å²) in [5.74, 6) is 0.736. The molecule has 1 fully saturated rings. The van der Waals surface area contributed by atoms with Gasteiger partial charge in [0.2, 0.25) is 0 Å². The normalized spacial score (nSPS) is 14.6. The summed E-state index contributed by atoms with van der Waals surface area (Å²) in [5, 5.41) is 0. The number of carbonyl (C=O) groups excluding carboxylic acids is 1. The van der Waals surface area contributed by atoms with Crippen molar-refractivity contribution in [2.75, 3.05) is 33.4 Å². The SMILES string of the molecule is COc1ccc(-c2nsc3c(=O)n(C(=O)N4CCOCC4)cnc23)cc1. The predicted molar refractivity (Wildman–Crippen MR) is 96.8 cm³/mol. The van der Waals surface area contributed by atoms with Crippen molar-refractivity contribution in [2.24, 2.45) is 0 Å². The van der Waals surface area contributed by atoms with E-state index in [-0.39, 0.29) is 6.03 Å². The van der Waals surface area contributed by atoms with E-state index >= 15 is 0 Å². The number of morpholine rings is 1. The molecule has 3 heterocycles. The van der Waals surface area contributed by atoms with Crippen molar-refractivity contribution >= 4 is 27.8 Å². The minimum Gasteiger partial charge on any atom is -0.497 e. The van der Waals surface area contributed by atoms with Crippen LogP contribution in [0.3, 0.4) is 0 Å². The zero-order valence-electron chi connectivity index (χ0n) is 14.0. The lowest BCUT2D eigenvalue weighted by atomic mass is 10.1. The second-order valence-electron chi connectivity index (χ2n) is 5.74. The second-order valence-corrected chi connectivity index (χ2v) is 6.51. The summed E-state index contributed by atoms with van der Waals surface area (Å²) in [6.45, 7) is 1.86. The number of carbonyl (C=O) groups is 1. The van der Waals surface area contributed by atoms with Crippen LogP contribution in [0, 0.1) is 0 Å². The lowest BCUT2D eigenvalue weighted by Crippen LogP contribution is -2.45. The Kier molecular flexibility index (Phi) is 4.39. The van der Waals surface area contributed by atoms with E-state index in [1.54, 1.807) is 12.0 Å². The third-order valence-electron chi connectivity index (χ3n) is 4.23. The summed E-state index contributed by atoms with van der Waals surface area (Å²) in [4.78, 5) is 31.3. The van der Waals surface area contributed by atoms with Gasteiger partial charge < -0.3 is 14.4 Å². The molecule has 0 bridgehead atoms. The molecule has 1 amide bonds. The van der Waals surface area contributed by atoms with Crippen molar-refractivity contribution in [1.29, 1.82) is 0 Å². The highest BCUT2D eigenvalue weighted by atomic mass is 32.1. The molecule has 1 saturated heterocycles. The predicted octanol–water partition coefficient (Wildman–Crippen LogP) is 1.83. The van der Waals surface area contributed by atoms with Crippen LogP contribution in [-0.4, -0.2) is 58.3 Å². The highest BCUT2D eigenvalue weighted by Crippen LogP contribution is 2.28. The summed E-state index contributed by atoms with van der Waals surface area (Å²) in [5.41, 5.74) is 1.55. The molecular weight excluding hydrogens is 356 g/mol. The van der Waals surface area contributed by atoms with E-state index in [1.165, 1.54) is 6.33 Å². The molecule has 0 unspecified atom stereocenters. The van der Waals surface area contributed by atoms with Crippen molar-refractivity contribution in [3.63, 3.8) is 0 Å². The van der Waals surface area contributed by atoms with Crippen LogP contribution in [0.25, 0.3) is 21.5 Å². The van der Waals surface area contributed by atoms with Crippen molar-refractivity contribution in [3.05, 3.63) is 40.9 Å². The third-order valence-corrected chi connectivity index (χ3v) is 5.06. The molecule has 9 heteroatoms. The molecule has 1 aliphatic rings. The average Bonchev–Trinajstić information content (AvgIpc) is 3.13. The van der Waals surface area contributed by atoms with Gasteiger partial charge in [0.25, 0.3) is 5.56 Å². The van der Waals surface area contributed by atoms with Crippen molar-refractivity contribution in [2.45, 2.75) is 0 Å². The molecular formula is C17H16N4O4S. The first kappa shape index (κ1) is 16.7. The van der Waals surface area contributed by atoms with Crippen LogP contribution in [0.5, 0.6) is 5.75 Å². The number of nitrogens with zero attached hydrogens (tertiary/aromatic N) is 4. The van der Waals surface area contributed by atoms with E-state index in [0.29, 0.717) is 42.2 Å². The molecule has 0 radical (unpaired) electrons. The van der Waals surface area contributed by atoms with E-state index in [4.69, 9.17) is 9.47 Å². The molecule has 1 aromatic carbocycles. The van der Waals surface area contributed by atoms with E-state index in [2.05, 4.69) is 9.36 Å². The van der Waals surface area contributed by atoms with Gasteiger partial charge in [0, 0.05) is 18.7 Å². The molecule has 0 aliphatic carbocycles. The van der Waals surface area contributed by atoms with Gasteiger partial charge in [-0.1, -0.05) is 0 Å². The van der Waals surface area contributed by atoms with Crippen molar-refractivity contribution in [1.82, 2.24) is 18.8 Å². The Bertz CT molecular complexity index is 1010. The molecule has 26 heavy (non-hydrogen) atoms. The topological polar surface area (TPSA) is 86.5 Å². The Morgan fingerprint density at radius 2 is 1.96 bits per heavy atom. The number of methoxy groups -OCH3 is 1. The van der Waals surface area contributed by atoms with Gasteiger partial charge in [0.1, 0.15) is 28.0 Å². The number of benzene rings is 1. The van der Waals surface area contributed by atoms with Crippen LogP contribution in [-0.2, 0) is 4.74 Å². The van der Waals surface area contributed by atoms with Crippen LogP contribution in [0.15, 0.2) is 35.4 Å². The van der Waals surface area contributed by atoms with Crippen LogP contribution in [0.4, 0.5) is 4.79 Å². The quantitative estimate of drug-likeness (QED) is 0.682. The Labute approximate surface area is 152 Å². The average molecular weight is 372 g/mol. The van der Waals surface area contributed by atoms with E-state index in [9.17, 15) is 9.59 Å². The Morgan fingerprint density at radius 1 is 1.23 bits per heavy atom. The van der Waals surface area contributed by atoms with Gasteiger partial charge in [0.15, 0.2) is 0 Å². The monoisotopic (exact) mass is 372 g/mol. The van der Waals surface area contributed by atoms with E-state index < -0.39 is 5.56 Å². The van der Waals surface area contributed by atoms with Gasteiger partial charge in [-0.2, -0.15) is 4.37 Å². The third kappa shape index (κ3) is 2.85. The first-order valence-electron chi connectivity index (χ1n) is 8.07. The van der Waals surface area contributed by atoms with Gasteiger partial charge in [-0.25, -0.2) is 14.3 Å². The summed E-state index contributed by atoms with van der Waals surface area (Å²) >= 11 is 1.05. The second kappa shape index (κ2) is 6.85. The fourth-order valence-electron chi connectivity index (χ4n) is 2.80. The maximum absolute atomic E-state index is 12.8. The molecule has 0 saturated carbocycles.